The summed E-state index contributed by atoms with van der Waals surface area (Å²) in [4.78, 5) is 1.05. The summed E-state index contributed by atoms with van der Waals surface area (Å²) < 4.78 is 0. The van der Waals surface area contributed by atoms with Gasteiger partial charge in [-0.3, -0.25) is 0 Å². The Morgan fingerprint density at radius 2 is 1.68 bits per heavy atom. The molecule has 0 saturated heterocycles. The summed E-state index contributed by atoms with van der Waals surface area (Å²) in [6.07, 6.45) is 3.99. The molecule has 0 bridgehead atoms. The van der Waals surface area contributed by atoms with Crippen molar-refractivity contribution < 1.29 is 20.4 Å². The summed E-state index contributed by atoms with van der Waals surface area (Å²) >= 11 is 1.63. The predicted molar refractivity (Wildman–Crippen MR) is 109 cm³/mol. The smallest absolute Gasteiger partial charge is 0.104 e. The Labute approximate surface area is 171 Å². The van der Waals surface area contributed by atoms with E-state index in [9.17, 15) is 20.4 Å². The third-order valence-electron chi connectivity index (χ3n) is 9.81. The number of hydrogen-bond acceptors (Lipinski definition) is 5. The molecule has 4 N–H and O–H groups in total. The second kappa shape index (κ2) is 6.27. The van der Waals surface area contributed by atoms with Gasteiger partial charge in [-0.15, -0.1) is 11.3 Å². The lowest BCUT2D eigenvalue weighted by Crippen LogP contribution is -2.64. The van der Waals surface area contributed by atoms with Gasteiger partial charge >= 0.3 is 0 Å². The SMILES string of the molecule is C[C@]12CC[C@H](O)C[C@@H]1[C@@H](O)[C@H](O)C1[C@@H]2CC[C@@]2(C)[C@H]1CC[C@@]2(O)c1cccs1. The number of aliphatic hydroxyl groups excluding tert-OH is 3. The molecule has 0 aromatic carbocycles. The minimum absolute atomic E-state index is 0.0271. The van der Waals surface area contributed by atoms with Crippen LogP contribution in [0.2, 0.25) is 0 Å². The summed E-state index contributed by atoms with van der Waals surface area (Å²) in [7, 11) is 0. The van der Waals surface area contributed by atoms with Crippen LogP contribution in [0.4, 0.5) is 0 Å². The van der Waals surface area contributed by atoms with E-state index in [0.29, 0.717) is 12.3 Å². The largest absolute Gasteiger partial charge is 0.393 e. The molecule has 4 aliphatic carbocycles. The summed E-state index contributed by atoms with van der Waals surface area (Å²) in [5.74, 6) is 0.563. The van der Waals surface area contributed by atoms with Crippen molar-refractivity contribution in [1.82, 2.24) is 0 Å². The van der Waals surface area contributed by atoms with E-state index in [2.05, 4.69) is 19.9 Å². The van der Waals surface area contributed by atoms with Gasteiger partial charge in [-0.2, -0.15) is 0 Å². The Morgan fingerprint density at radius 3 is 2.39 bits per heavy atom. The molecular formula is C23H34O4S. The first-order chi connectivity index (χ1) is 13.2. The molecular weight excluding hydrogens is 372 g/mol. The molecule has 0 amide bonds. The van der Waals surface area contributed by atoms with Crippen molar-refractivity contribution in [3.63, 3.8) is 0 Å². The highest BCUT2D eigenvalue weighted by atomic mass is 32.1. The summed E-state index contributed by atoms with van der Waals surface area (Å²) in [5, 5.41) is 46.4. The third-order valence-corrected chi connectivity index (χ3v) is 10.8. The quantitative estimate of drug-likeness (QED) is 0.577. The molecule has 4 nitrogen and oxygen atoms in total. The fourth-order valence-corrected chi connectivity index (χ4v) is 9.17. The molecule has 4 fully saturated rings. The molecule has 4 saturated carbocycles. The summed E-state index contributed by atoms with van der Waals surface area (Å²) in [6.45, 7) is 4.51. The highest BCUT2D eigenvalue weighted by molar-refractivity contribution is 7.10. The van der Waals surface area contributed by atoms with E-state index in [1.807, 2.05) is 11.4 Å². The molecule has 1 aromatic rings. The van der Waals surface area contributed by atoms with Gasteiger partial charge in [-0.05, 0) is 85.5 Å². The minimum Gasteiger partial charge on any atom is -0.393 e. The first-order valence-electron chi connectivity index (χ1n) is 11.0. The van der Waals surface area contributed by atoms with Gasteiger partial charge in [0.1, 0.15) is 5.60 Å². The maximum atomic E-state index is 11.8. The van der Waals surface area contributed by atoms with Crippen LogP contribution in [0.25, 0.3) is 0 Å². The van der Waals surface area contributed by atoms with Gasteiger partial charge in [-0.1, -0.05) is 19.9 Å². The molecule has 1 heterocycles. The normalized spacial score (nSPS) is 56.0. The van der Waals surface area contributed by atoms with Gasteiger partial charge in [0.15, 0.2) is 0 Å². The average Bonchev–Trinajstić information content (AvgIpc) is 3.29. The molecule has 156 valence electrons. The van der Waals surface area contributed by atoms with Gasteiger partial charge in [0.05, 0.1) is 18.3 Å². The van der Waals surface area contributed by atoms with Gasteiger partial charge < -0.3 is 20.4 Å². The summed E-state index contributed by atoms with van der Waals surface area (Å²) in [5.41, 5.74) is -1.13. The van der Waals surface area contributed by atoms with E-state index in [1.165, 1.54) is 0 Å². The molecule has 5 rings (SSSR count). The molecule has 10 atom stereocenters. The van der Waals surface area contributed by atoms with Crippen LogP contribution in [0, 0.1) is 34.5 Å². The third kappa shape index (κ3) is 2.31. The molecule has 0 radical (unpaired) electrons. The Balaban J connectivity index is 1.54. The number of rotatable bonds is 1. The van der Waals surface area contributed by atoms with E-state index in [0.717, 1.165) is 43.4 Å². The van der Waals surface area contributed by atoms with Gasteiger partial charge in [0, 0.05) is 10.3 Å². The second-order valence-electron chi connectivity index (χ2n) is 10.6. The van der Waals surface area contributed by atoms with E-state index in [4.69, 9.17) is 0 Å². The van der Waals surface area contributed by atoms with Crippen LogP contribution in [0.1, 0.15) is 63.7 Å². The minimum atomic E-state index is -0.831. The molecule has 1 unspecified atom stereocenters. The first kappa shape index (κ1) is 19.5. The number of thiophene rings is 1. The van der Waals surface area contributed by atoms with Crippen molar-refractivity contribution in [1.29, 1.82) is 0 Å². The standard InChI is InChI=1S/C23H34O4S/c1-21-8-5-13(24)12-16(21)19(25)20(26)18-14(21)6-9-22(2)15(18)7-10-23(22,27)17-4-3-11-28-17/h3-4,11,13-16,18-20,24-27H,5-10,12H2,1-2H3/t13-,14-,15-,16+,18?,19+,20+,21+,22-,23+/m0/s1. The zero-order valence-electron chi connectivity index (χ0n) is 16.9. The molecule has 4 aliphatic rings. The topological polar surface area (TPSA) is 80.9 Å². The lowest BCUT2D eigenvalue weighted by atomic mass is 9.43. The Hall–Kier alpha value is -0.460. The lowest BCUT2D eigenvalue weighted by molar-refractivity contribution is -0.232. The van der Waals surface area contributed by atoms with Gasteiger partial charge in [-0.25, -0.2) is 0 Å². The molecule has 0 spiro atoms. The number of aliphatic hydroxyl groups is 4. The zero-order chi connectivity index (χ0) is 19.9. The molecule has 5 heteroatoms. The Morgan fingerprint density at radius 1 is 0.929 bits per heavy atom. The van der Waals surface area contributed by atoms with Crippen molar-refractivity contribution in [3.05, 3.63) is 22.4 Å². The molecule has 1 aromatic heterocycles. The summed E-state index contributed by atoms with van der Waals surface area (Å²) in [6, 6.07) is 4.06. The zero-order valence-corrected chi connectivity index (χ0v) is 17.7. The van der Waals surface area contributed by atoms with Crippen LogP contribution in [-0.2, 0) is 5.60 Å². The van der Waals surface area contributed by atoms with Crippen LogP contribution in [0.15, 0.2) is 17.5 Å². The maximum absolute atomic E-state index is 11.8. The van der Waals surface area contributed by atoms with Crippen LogP contribution >= 0.6 is 11.3 Å². The maximum Gasteiger partial charge on any atom is 0.104 e. The Bertz CT molecular complexity index is 737. The van der Waals surface area contributed by atoms with Crippen molar-refractivity contribution in [2.24, 2.45) is 34.5 Å². The predicted octanol–water partition coefficient (Wildman–Crippen LogP) is 3.28. The van der Waals surface area contributed by atoms with E-state index in [1.54, 1.807) is 11.3 Å². The van der Waals surface area contributed by atoms with Gasteiger partial charge in [0.2, 0.25) is 0 Å². The monoisotopic (exact) mass is 406 g/mol. The van der Waals surface area contributed by atoms with Crippen LogP contribution in [0.3, 0.4) is 0 Å². The van der Waals surface area contributed by atoms with Crippen molar-refractivity contribution >= 4 is 11.3 Å². The van der Waals surface area contributed by atoms with Crippen LogP contribution < -0.4 is 0 Å². The van der Waals surface area contributed by atoms with Crippen molar-refractivity contribution in [2.75, 3.05) is 0 Å². The lowest BCUT2D eigenvalue weighted by Gasteiger charge is -2.64. The highest BCUT2D eigenvalue weighted by Crippen LogP contribution is 2.70. The fraction of sp³-hybridized carbons (Fsp3) is 0.826. The van der Waals surface area contributed by atoms with Crippen LogP contribution in [0.5, 0.6) is 0 Å². The number of hydrogen-bond donors (Lipinski definition) is 4. The number of fused-ring (bicyclic) bond motifs is 5. The Kier molecular flexibility index (Phi) is 4.37. The highest BCUT2D eigenvalue weighted by Gasteiger charge is 2.68. The average molecular weight is 407 g/mol. The molecule has 28 heavy (non-hydrogen) atoms. The second-order valence-corrected chi connectivity index (χ2v) is 11.6. The van der Waals surface area contributed by atoms with E-state index in [-0.39, 0.29) is 34.7 Å². The van der Waals surface area contributed by atoms with E-state index < -0.39 is 17.8 Å². The van der Waals surface area contributed by atoms with Crippen LogP contribution in [-0.4, -0.2) is 38.7 Å². The van der Waals surface area contributed by atoms with Crippen molar-refractivity contribution in [3.8, 4) is 0 Å². The van der Waals surface area contributed by atoms with E-state index >= 15 is 0 Å². The molecule has 0 aliphatic heterocycles. The first-order valence-corrected chi connectivity index (χ1v) is 11.9. The fourth-order valence-electron chi connectivity index (χ4n) is 8.18. The van der Waals surface area contributed by atoms with Crippen molar-refractivity contribution in [2.45, 2.75) is 82.7 Å². The van der Waals surface area contributed by atoms with Gasteiger partial charge in [0.25, 0.3) is 0 Å².